The van der Waals surface area contributed by atoms with Gasteiger partial charge in [-0.25, -0.2) is 0 Å². The van der Waals surface area contributed by atoms with Crippen LogP contribution in [0.4, 0.5) is 11.4 Å². The van der Waals surface area contributed by atoms with Crippen LogP contribution in [0.25, 0.3) is 6.08 Å². The van der Waals surface area contributed by atoms with Crippen molar-refractivity contribution in [2.24, 2.45) is 0 Å². The molecule has 3 aromatic rings. The lowest BCUT2D eigenvalue weighted by molar-refractivity contribution is -0.127. The number of piperazine rings is 1. The molecule has 0 saturated carbocycles. The van der Waals surface area contributed by atoms with Crippen molar-refractivity contribution in [3.8, 4) is 0 Å². The largest absolute Gasteiger partial charge is 0.301 e. The second kappa shape index (κ2) is 8.60. The highest BCUT2D eigenvalue weighted by Crippen LogP contribution is 2.30. The van der Waals surface area contributed by atoms with Gasteiger partial charge >= 0.3 is 0 Å². The van der Waals surface area contributed by atoms with E-state index in [0.717, 1.165) is 33.6 Å². The number of rotatable bonds is 4. The molecule has 0 aliphatic carbocycles. The Kier molecular flexibility index (Phi) is 5.72. The van der Waals surface area contributed by atoms with E-state index < -0.39 is 6.04 Å². The summed E-state index contributed by atoms with van der Waals surface area (Å²) in [4.78, 5) is 30.4. The van der Waals surface area contributed by atoms with E-state index in [4.69, 9.17) is 0 Å². The Balaban J connectivity index is 1.79. The summed E-state index contributed by atoms with van der Waals surface area (Å²) in [6.07, 6.45) is 1.98. The zero-order valence-electron chi connectivity index (χ0n) is 18.1. The first-order valence-corrected chi connectivity index (χ1v) is 10.4. The maximum atomic E-state index is 13.8. The fourth-order valence-electron chi connectivity index (χ4n) is 3.97. The molecule has 1 heterocycles. The second-order valence-electron chi connectivity index (χ2n) is 7.99. The van der Waals surface area contributed by atoms with Crippen molar-refractivity contribution in [1.82, 2.24) is 0 Å². The molecule has 156 valence electrons. The molecule has 4 heteroatoms. The van der Waals surface area contributed by atoms with Crippen LogP contribution in [-0.2, 0) is 9.59 Å². The van der Waals surface area contributed by atoms with Gasteiger partial charge in [0.05, 0.1) is 0 Å². The molecular weight excluding hydrogens is 384 g/mol. The van der Waals surface area contributed by atoms with Crippen LogP contribution < -0.4 is 9.80 Å². The minimum Gasteiger partial charge on any atom is -0.301 e. The summed E-state index contributed by atoms with van der Waals surface area (Å²) in [6.45, 7) is 5.99. The molecule has 0 radical (unpaired) electrons. The molecule has 0 aromatic heterocycles. The van der Waals surface area contributed by atoms with Gasteiger partial charge in [0, 0.05) is 11.4 Å². The van der Waals surface area contributed by atoms with Gasteiger partial charge in [-0.1, -0.05) is 60.7 Å². The number of carbonyl (C=O) groups excluding carboxylic acids is 2. The van der Waals surface area contributed by atoms with Crippen LogP contribution in [0.5, 0.6) is 0 Å². The van der Waals surface area contributed by atoms with Crippen LogP contribution in [0.2, 0.25) is 0 Å². The SMILES string of the molecule is CC(=Cc1ccccc1)C1C(=O)N(c2ccc(C)c(C)c2)CC(=O)N1c1ccccc1. The van der Waals surface area contributed by atoms with Crippen LogP contribution in [0.3, 0.4) is 0 Å². The number of amides is 2. The summed E-state index contributed by atoms with van der Waals surface area (Å²) >= 11 is 0. The zero-order chi connectivity index (χ0) is 22.0. The third-order valence-electron chi connectivity index (χ3n) is 5.78. The Morgan fingerprint density at radius 2 is 1.48 bits per heavy atom. The van der Waals surface area contributed by atoms with Gasteiger partial charge in [0.25, 0.3) is 5.91 Å². The number of nitrogens with zero attached hydrogens (tertiary/aromatic N) is 2. The number of carbonyl (C=O) groups is 2. The Bertz CT molecular complexity index is 1140. The van der Waals surface area contributed by atoms with Crippen molar-refractivity contribution in [1.29, 1.82) is 0 Å². The van der Waals surface area contributed by atoms with E-state index in [9.17, 15) is 9.59 Å². The van der Waals surface area contributed by atoms with Gasteiger partial charge in [0.15, 0.2) is 0 Å². The van der Waals surface area contributed by atoms with E-state index in [-0.39, 0.29) is 18.4 Å². The molecule has 0 spiro atoms. The first-order valence-electron chi connectivity index (χ1n) is 10.4. The molecule has 31 heavy (non-hydrogen) atoms. The lowest BCUT2D eigenvalue weighted by Crippen LogP contribution is -2.61. The Morgan fingerprint density at radius 3 is 2.13 bits per heavy atom. The third kappa shape index (κ3) is 4.15. The van der Waals surface area contributed by atoms with Crippen LogP contribution in [0, 0.1) is 13.8 Å². The number of para-hydroxylation sites is 1. The predicted molar refractivity (Wildman–Crippen MR) is 126 cm³/mol. The van der Waals surface area contributed by atoms with Crippen LogP contribution in [-0.4, -0.2) is 24.4 Å². The molecule has 4 nitrogen and oxygen atoms in total. The van der Waals surface area contributed by atoms with E-state index in [1.54, 1.807) is 9.80 Å². The van der Waals surface area contributed by atoms with Crippen molar-refractivity contribution < 1.29 is 9.59 Å². The average Bonchev–Trinajstić information content (AvgIpc) is 2.78. The quantitative estimate of drug-likeness (QED) is 0.596. The molecule has 1 unspecified atom stereocenters. The summed E-state index contributed by atoms with van der Waals surface area (Å²) in [5, 5.41) is 0. The van der Waals surface area contributed by atoms with Crippen molar-refractivity contribution in [2.45, 2.75) is 26.8 Å². The summed E-state index contributed by atoms with van der Waals surface area (Å²) in [7, 11) is 0. The van der Waals surface area contributed by atoms with Crippen LogP contribution in [0.15, 0.2) is 84.4 Å². The average molecular weight is 411 g/mol. The lowest BCUT2D eigenvalue weighted by Gasteiger charge is -2.41. The second-order valence-corrected chi connectivity index (χ2v) is 7.99. The van der Waals surface area contributed by atoms with Crippen molar-refractivity contribution >= 4 is 29.3 Å². The summed E-state index contributed by atoms with van der Waals surface area (Å²) in [5.74, 6) is -0.203. The van der Waals surface area contributed by atoms with Gasteiger partial charge in [-0.05, 0) is 67.3 Å². The van der Waals surface area contributed by atoms with Crippen molar-refractivity contribution in [3.63, 3.8) is 0 Å². The molecule has 4 rings (SSSR count). The number of hydrogen-bond donors (Lipinski definition) is 0. The van der Waals surface area contributed by atoms with E-state index in [0.29, 0.717) is 0 Å². The van der Waals surface area contributed by atoms with E-state index in [1.807, 2.05) is 106 Å². The maximum absolute atomic E-state index is 13.8. The maximum Gasteiger partial charge on any atom is 0.254 e. The van der Waals surface area contributed by atoms with E-state index >= 15 is 0 Å². The molecule has 1 aliphatic rings. The topological polar surface area (TPSA) is 40.6 Å². The zero-order valence-corrected chi connectivity index (χ0v) is 18.1. The van der Waals surface area contributed by atoms with Crippen molar-refractivity contribution in [2.75, 3.05) is 16.3 Å². The van der Waals surface area contributed by atoms with Crippen LogP contribution in [0.1, 0.15) is 23.6 Å². The van der Waals surface area contributed by atoms with Gasteiger partial charge in [-0.15, -0.1) is 0 Å². The first kappa shape index (κ1) is 20.6. The molecule has 3 aromatic carbocycles. The smallest absolute Gasteiger partial charge is 0.254 e. The van der Waals surface area contributed by atoms with Crippen molar-refractivity contribution in [3.05, 3.63) is 101 Å². The number of hydrogen-bond acceptors (Lipinski definition) is 2. The molecule has 0 bridgehead atoms. The van der Waals surface area contributed by atoms with Crippen LogP contribution >= 0.6 is 0 Å². The fraction of sp³-hybridized carbons (Fsp3) is 0.185. The highest BCUT2D eigenvalue weighted by atomic mass is 16.2. The summed E-state index contributed by atoms with van der Waals surface area (Å²) in [6, 6.07) is 24.5. The van der Waals surface area contributed by atoms with Gasteiger partial charge < -0.3 is 4.90 Å². The molecular formula is C27H26N2O2. The predicted octanol–water partition coefficient (Wildman–Crippen LogP) is 5.16. The molecule has 1 aliphatic heterocycles. The molecule has 2 amide bonds. The Labute approximate surface area is 183 Å². The molecule has 1 fully saturated rings. The summed E-state index contributed by atoms with van der Waals surface area (Å²) in [5.41, 5.74) is 5.55. The Hall–Kier alpha value is -3.66. The summed E-state index contributed by atoms with van der Waals surface area (Å²) < 4.78 is 0. The number of aryl methyl sites for hydroxylation is 2. The van der Waals surface area contributed by atoms with Gasteiger partial charge in [0.1, 0.15) is 12.6 Å². The fourth-order valence-corrected chi connectivity index (χ4v) is 3.97. The highest BCUT2D eigenvalue weighted by molar-refractivity contribution is 6.15. The highest BCUT2D eigenvalue weighted by Gasteiger charge is 2.41. The first-order chi connectivity index (χ1) is 15.0. The number of benzene rings is 3. The van der Waals surface area contributed by atoms with E-state index in [1.165, 1.54) is 0 Å². The lowest BCUT2D eigenvalue weighted by atomic mass is 9.98. The van der Waals surface area contributed by atoms with Gasteiger partial charge in [0.2, 0.25) is 5.91 Å². The molecule has 1 saturated heterocycles. The standard InChI is InChI=1S/C27H26N2O2/c1-19-14-15-24(17-20(19)2)28-18-25(30)29(23-12-8-5-9-13-23)26(27(28)31)21(3)16-22-10-6-4-7-11-22/h4-17,26H,18H2,1-3H3. The number of anilines is 2. The van der Waals surface area contributed by atoms with Gasteiger partial charge in [-0.2, -0.15) is 0 Å². The minimum atomic E-state index is -0.703. The minimum absolute atomic E-state index is 0.0192. The molecule has 1 atom stereocenters. The third-order valence-corrected chi connectivity index (χ3v) is 5.78. The van der Waals surface area contributed by atoms with E-state index in [2.05, 4.69) is 0 Å². The monoisotopic (exact) mass is 410 g/mol. The normalized spacial score (nSPS) is 17.3. The Morgan fingerprint density at radius 1 is 0.839 bits per heavy atom. The molecule has 0 N–H and O–H groups in total. The van der Waals surface area contributed by atoms with Gasteiger partial charge in [-0.3, -0.25) is 14.5 Å².